The highest BCUT2D eigenvalue weighted by molar-refractivity contribution is 5.69. The monoisotopic (exact) mass is 691 g/mol. The molecule has 4 nitrogen and oxygen atoms in total. The predicted octanol–water partition coefficient (Wildman–Crippen LogP) is 12.0. The van der Waals surface area contributed by atoms with Crippen LogP contribution in [0.15, 0.2) is 0 Å². The average Bonchev–Trinajstić information content (AvgIpc) is 3.60. The van der Waals surface area contributed by atoms with E-state index in [2.05, 4.69) is 27.7 Å². The largest absolute Gasteiger partial charge is 0.481 e. The van der Waals surface area contributed by atoms with Crippen LogP contribution in [0.1, 0.15) is 188 Å². The molecule has 8 aliphatic rings. The summed E-state index contributed by atoms with van der Waals surface area (Å²) in [6.07, 6.45) is 31.4. The Morgan fingerprint density at radius 3 is 1.72 bits per heavy atom. The number of carboxylic acids is 1. The molecule has 1 N–H and O–H groups in total. The molecule has 0 aliphatic heterocycles. The van der Waals surface area contributed by atoms with Gasteiger partial charge in [-0.3, -0.25) is 9.59 Å². The number of hydrogen-bond acceptors (Lipinski definition) is 3. The minimum Gasteiger partial charge on any atom is -0.481 e. The van der Waals surface area contributed by atoms with Gasteiger partial charge in [-0.15, -0.1) is 0 Å². The molecule has 8 aliphatic carbocycles. The summed E-state index contributed by atoms with van der Waals surface area (Å²) in [6, 6.07) is 0. The van der Waals surface area contributed by atoms with Crippen molar-refractivity contribution in [1.82, 2.24) is 0 Å². The number of hydrogen-bond donors (Lipinski definition) is 1. The van der Waals surface area contributed by atoms with Crippen molar-refractivity contribution in [2.75, 3.05) is 0 Å². The SMILES string of the molecule is C[C@]12CCCCC1CCC1C2CC[C@]2(C)C(CCCC(=O)OC3CC[C@@]4(C)C(CCC5C4CC[C@]4(C)C(CCCC(=O)O)CCC54)C3)CCC12. The summed E-state index contributed by atoms with van der Waals surface area (Å²) in [6.45, 7) is 10.6. The van der Waals surface area contributed by atoms with E-state index in [0.29, 0.717) is 46.3 Å². The normalized spacial score (nSPS) is 50.9. The second-order valence-electron chi connectivity index (χ2n) is 21.3. The van der Waals surface area contributed by atoms with Crippen molar-refractivity contribution < 1.29 is 19.4 Å². The van der Waals surface area contributed by atoms with Gasteiger partial charge in [-0.2, -0.15) is 0 Å². The Labute approximate surface area is 305 Å². The highest BCUT2D eigenvalue weighted by Gasteiger charge is 2.61. The molecule has 0 radical (unpaired) electrons. The Morgan fingerprint density at radius 2 is 1.10 bits per heavy atom. The molecule has 0 heterocycles. The maximum Gasteiger partial charge on any atom is 0.306 e. The number of esters is 1. The van der Waals surface area contributed by atoms with E-state index in [9.17, 15) is 14.7 Å². The highest BCUT2D eigenvalue weighted by Crippen LogP contribution is 2.69. The van der Waals surface area contributed by atoms with E-state index in [1.54, 1.807) is 0 Å². The summed E-state index contributed by atoms with van der Waals surface area (Å²) in [5.74, 6) is 8.05. The molecule has 0 bridgehead atoms. The van der Waals surface area contributed by atoms with Gasteiger partial charge in [0.2, 0.25) is 0 Å². The molecule has 282 valence electrons. The van der Waals surface area contributed by atoms with Crippen LogP contribution < -0.4 is 0 Å². The van der Waals surface area contributed by atoms with E-state index in [1.165, 1.54) is 116 Å². The third kappa shape index (κ3) is 5.96. The number of fused-ring (bicyclic) bond motifs is 10. The summed E-state index contributed by atoms with van der Waals surface area (Å²) in [4.78, 5) is 24.5. The molecule has 0 spiro atoms. The van der Waals surface area contributed by atoms with Crippen LogP contribution in [-0.4, -0.2) is 23.1 Å². The first kappa shape index (κ1) is 35.9. The number of aliphatic carboxylic acids is 1. The third-order valence-electron chi connectivity index (χ3n) is 19.8. The second-order valence-corrected chi connectivity index (χ2v) is 21.3. The molecular weight excluding hydrogens is 617 g/mol. The number of rotatable bonds is 9. The Morgan fingerprint density at radius 1 is 0.560 bits per heavy atom. The number of ether oxygens (including phenoxy) is 1. The summed E-state index contributed by atoms with van der Waals surface area (Å²) >= 11 is 0. The lowest BCUT2D eigenvalue weighted by molar-refractivity contribution is -0.162. The van der Waals surface area contributed by atoms with Gasteiger partial charge in [0.25, 0.3) is 0 Å². The fraction of sp³-hybridized carbons (Fsp3) is 0.957. The van der Waals surface area contributed by atoms with Crippen molar-refractivity contribution in [3.63, 3.8) is 0 Å². The van der Waals surface area contributed by atoms with Crippen molar-refractivity contribution in [2.45, 2.75) is 194 Å². The van der Waals surface area contributed by atoms with E-state index in [-0.39, 0.29) is 12.1 Å². The van der Waals surface area contributed by atoms with E-state index in [4.69, 9.17) is 4.74 Å². The molecule has 0 aromatic carbocycles. The zero-order chi connectivity index (χ0) is 34.9. The van der Waals surface area contributed by atoms with Gasteiger partial charge in [0.1, 0.15) is 6.10 Å². The number of carbonyl (C=O) groups is 2. The molecule has 8 saturated carbocycles. The predicted molar refractivity (Wildman–Crippen MR) is 200 cm³/mol. The van der Waals surface area contributed by atoms with Gasteiger partial charge >= 0.3 is 11.9 Å². The van der Waals surface area contributed by atoms with Gasteiger partial charge in [0, 0.05) is 12.8 Å². The quantitative estimate of drug-likeness (QED) is 0.245. The maximum absolute atomic E-state index is 13.3. The minimum atomic E-state index is -0.639. The van der Waals surface area contributed by atoms with Gasteiger partial charge in [-0.1, -0.05) is 40.5 Å². The molecular formula is C46H74O4. The van der Waals surface area contributed by atoms with Crippen LogP contribution in [-0.2, 0) is 14.3 Å². The van der Waals surface area contributed by atoms with Crippen LogP contribution in [0.2, 0.25) is 0 Å². The first-order chi connectivity index (χ1) is 24.0. The molecule has 8 rings (SSSR count). The van der Waals surface area contributed by atoms with Crippen LogP contribution in [0, 0.1) is 80.8 Å². The van der Waals surface area contributed by atoms with E-state index >= 15 is 0 Å². The maximum atomic E-state index is 13.3. The van der Waals surface area contributed by atoms with Crippen molar-refractivity contribution in [1.29, 1.82) is 0 Å². The zero-order valence-electron chi connectivity index (χ0n) is 32.7. The van der Waals surface area contributed by atoms with Gasteiger partial charge in [0.05, 0.1) is 0 Å². The Balaban J connectivity index is 0.805. The lowest BCUT2D eigenvalue weighted by Crippen LogP contribution is -2.54. The van der Waals surface area contributed by atoms with Crippen LogP contribution in [0.3, 0.4) is 0 Å². The summed E-state index contributed by atoms with van der Waals surface area (Å²) in [5.41, 5.74) is 1.95. The Bertz CT molecular complexity index is 1260. The van der Waals surface area contributed by atoms with E-state index in [0.717, 1.165) is 79.4 Å². The molecule has 0 amide bonds. The van der Waals surface area contributed by atoms with Crippen LogP contribution in [0.25, 0.3) is 0 Å². The lowest BCUT2D eigenvalue weighted by atomic mass is 9.44. The van der Waals surface area contributed by atoms with Crippen molar-refractivity contribution in [3.8, 4) is 0 Å². The second kappa shape index (κ2) is 13.7. The molecule has 15 atom stereocenters. The topological polar surface area (TPSA) is 63.6 Å². The zero-order valence-corrected chi connectivity index (χ0v) is 32.7. The van der Waals surface area contributed by atoms with E-state index in [1.807, 2.05) is 0 Å². The van der Waals surface area contributed by atoms with Gasteiger partial charge in [-0.25, -0.2) is 0 Å². The first-order valence-electron chi connectivity index (χ1n) is 22.4. The standard InChI is InChI=1S/C46H74O4/c1-43-25-6-5-9-30(43)14-18-35-37-21-17-32(45(37,3)27-23-39(35)43)11-8-13-42(49)50-34-22-26-46(4)33(29-34)15-19-36-38-20-16-31(10-7-12-41(47)48)44(38,2)28-24-40(36)46/h30-40H,5-29H2,1-4H3,(H,47,48)/t30?,31?,32?,33?,34?,35?,36?,37?,38?,39?,40?,43-,44+,45+,46-/m0/s1. The minimum absolute atomic E-state index is 0.0903. The average molecular weight is 691 g/mol. The van der Waals surface area contributed by atoms with E-state index < -0.39 is 5.97 Å². The molecule has 8 fully saturated rings. The third-order valence-corrected chi connectivity index (χ3v) is 19.8. The van der Waals surface area contributed by atoms with Gasteiger partial charge < -0.3 is 9.84 Å². The fourth-order valence-electron chi connectivity index (χ4n) is 17.0. The first-order valence-corrected chi connectivity index (χ1v) is 22.4. The lowest BCUT2D eigenvalue weighted by Gasteiger charge is -2.61. The van der Waals surface area contributed by atoms with Crippen molar-refractivity contribution in [2.24, 2.45) is 80.8 Å². The van der Waals surface area contributed by atoms with Crippen LogP contribution in [0.4, 0.5) is 0 Å². The smallest absolute Gasteiger partial charge is 0.306 e. The number of carbonyl (C=O) groups excluding carboxylic acids is 1. The van der Waals surface area contributed by atoms with Gasteiger partial charge in [0.15, 0.2) is 0 Å². The number of carboxylic acid groups (broad SMARTS) is 1. The van der Waals surface area contributed by atoms with Crippen LogP contribution >= 0.6 is 0 Å². The van der Waals surface area contributed by atoms with Crippen LogP contribution in [0.5, 0.6) is 0 Å². The summed E-state index contributed by atoms with van der Waals surface area (Å²) in [7, 11) is 0. The van der Waals surface area contributed by atoms with Crippen molar-refractivity contribution in [3.05, 3.63) is 0 Å². The molecule has 0 saturated heterocycles. The molecule has 11 unspecified atom stereocenters. The summed E-state index contributed by atoms with van der Waals surface area (Å²) < 4.78 is 6.32. The molecule has 50 heavy (non-hydrogen) atoms. The Hall–Kier alpha value is -1.06. The van der Waals surface area contributed by atoms with Crippen molar-refractivity contribution >= 4 is 11.9 Å². The van der Waals surface area contributed by atoms with Gasteiger partial charge in [-0.05, 0) is 216 Å². The molecule has 0 aromatic rings. The fourth-order valence-corrected chi connectivity index (χ4v) is 17.0. The molecule has 4 heteroatoms. The Kier molecular flexibility index (Phi) is 9.82. The summed E-state index contributed by atoms with van der Waals surface area (Å²) in [5, 5.41) is 9.20. The highest BCUT2D eigenvalue weighted by atomic mass is 16.5. The molecule has 0 aromatic heterocycles.